The van der Waals surface area contributed by atoms with E-state index >= 15 is 0 Å². The maximum atomic E-state index is 12.6. The number of nitrogens with one attached hydrogen (secondary N) is 1. The number of nitrogens with zero attached hydrogens (tertiary/aromatic N) is 2. The lowest BCUT2D eigenvalue weighted by Crippen LogP contribution is -2.27. The van der Waals surface area contributed by atoms with Crippen LogP contribution in [0.4, 0.5) is 5.69 Å². The Labute approximate surface area is 167 Å². The molecule has 0 saturated carbocycles. The molecule has 0 spiro atoms. The highest BCUT2D eigenvalue weighted by Gasteiger charge is 2.27. The minimum absolute atomic E-state index is 0.0163. The fourth-order valence-electron chi connectivity index (χ4n) is 2.80. The molecule has 10 heteroatoms. The molecule has 1 aromatic heterocycles. The van der Waals surface area contributed by atoms with E-state index in [1.807, 2.05) is 0 Å². The van der Waals surface area contributed by atoms with Crippen molar-refractivity contribution in [3.8, 4) is 17.2 Å². The topological polar surface area (TPSA) is 125 Å². The van der Waals surface area contributed by atoms with Crippen LogP contribution in [-0.2, 0) is 16.4 Å². The molecule has 0 bridgehead atoms. The number of hydrogen-bond donors (Lipinski definition) is 1. The third-order valence-electron chi connectivity index (χ3n) is 4.22. The zero-order valence-corrected chi connectivity index (χ0v) is 16.6. The summed E-state index contributed by atoms with van der Waals surface area (Å²) < 4.78 is 38.1. The molecular formula is C19H19N3O6S. The average Bonchev–Trinajstić information content (AvgIpc) is 3.16. The fourth-order valence-corrected chi connectivity index (χ4v) is 4.23. The minimum Gasteiger partial charge on any atom is -0.497 e. The molecule has 0 atom stereocenters. The summed E-state index contributed by atoms with van der Waals surface area (Å²) in [7, 11) is -2.48. The van der Waals surface area contributed by atoms with Gasteiger partial charge in [0, 0.05) is 24.6 Å². The number of sulfonamides is 1. The standard InChI is InChI=1S/C19H19N3O6S/c1-13-4-3-5-17(22(23)24)18(13)29(25,26)20-11-10-15-12-28-19(21-15)14-6-8-16(27-2)9-7-14/h3-9,12,20H,10-11H2,1-2H3. The number of nitro groups is 1. The van der Waals surface area contributed by atoms with Crippen molar-refractivity contribution in [3.63, 3.8) is 0 Å². The van der Waals surface area contributed by atoms with E-state index < -0.39 is 20.6 Å². The van der Waals surface area contributed by atoms with Gasteiger partial charge in [0.15, 0.2) is 4.90 Å². The van der Waals surface area contributed by atoms with Gasteiger partial charge in [-0.05, 0) is 36.8 Å². The SMILES string of the molecule is COc1ccc(-c2nc(CCNS(=O)(=O)c3c(C)cccc3[N+](=O)[O-])co2)cc1. The van der Waals surface area contributed by atoms with E-state index in [1.54, 1.807) is 31.4 Å². The molecule has 152 valence electrons. The van der Waals surface area contributed by atoms with Crippen molar-refractivity contribution in [2.24, 2.45) is 0 Å². The van der Waals surface area contributed by atoms with E-state index in [9.17, 15) is 18.5 Å². The van der Waals surface area contributed by atoms with Crippen LogP contribution >= 0.6 is 0 Å². The molecule has 0 saturated heterocycles. The smallest absolute Gasteiger partial charge is 0.289 e. The van der Waals surface area contributed by atoms with Crippen molar-refractivity contribution in [1.82, 2.24) is 9.71 Å². The molecule has 3 rings (SSSR count). The van der Waals surface area contributed by atoms with Crippen LogP contribution in [0.2, 0.25) is 0 Å². The second-order valence-corrected chi connectivity index (χ2v) is 7.90. The predicted octanol–water partition coefficient (Wildman–Crippen LogP) is 3.09. The summed E-state index contributed by atoms with van der Waals surface area (Å²) >= 11 is 0. The number of aryl methyl sites for hydroxylation is 1. The maximum Gasteiger partial charge on any atom is 0.289 e. The molecule has 0 radical (unpaired) electrons. The van der Waals surface area contributed by atoms with Crippen LogP contribution in [0.15, 0.2) is 58.0 Å². The quantitative estimate of drug-likeness (QED) is 0.441. The highest BCUT2D eigenvalue weighted by atomic mass is 32.2. The molecule has 2 aromatic carbocycles. The van der Waals surface area contributed by atoms with Gasteiger partial charge < -0.3 is 9.15 Å². The summed E-state index contributed by atoms with van der Waals surface area (Å²) in [5.41, 5.74) is 1.15. The number of aromatic nitrogens is 1. The molecule has 1 heterocycles. The molecule has 0 aliphatic rings. The van der Waals surface area contributed by atoms with Crippen LogP contribution in [0, 0.1) is 17.0 Å². The number of hydrogen-bond acceptors (Lipinski definition) is 7. The minimum atomic E-state index is -4.05. The second-order valence-electron chi connectivity index (χ2n) is 6.20. The van der Waals surface area contributed by atoms with Gasteiger partial charge in [0.05, 0.1) is 17.7 Å². The summed E-state index contributed by atoms with van der Waals surface area (Å²) in [4.78, 5) is 14.5. The second kappa shape index (κ2) is 8.41. The molecule has 0 aliphatic carbocycles. The van der Waals surface area contributed by atoms with Crippen molar-refractivity contribution in [3.05, 3.63) is 70.1 Å². The van der Waals surface area contributed by atoms with Gasteiger partial charge in [-0.3, -0.25) is 10.1 Å². The van der Waals surface area contributed by atoms with Gasteiger partial charge in [-0.15, -0.1) is 0 Å². The van der Waals surface area contributed by atoms with Gasteiger partial charge in [0.2, 0.25) is 15.9 Å². The number of nitro benzene ring substituents is 1. The Balaban J connectivity index is 1.69. The van der Waals surface area contributed by atoms with Crippen molar-refractivity contribution in [2.75, 3.05) is 13.7 Å². The lowest BCUT2D eigenvalue weighted by molar-refractivity contribution is -0.387. The molecule has 9 nitrogen and oxygen atoms in total. The van der Waals surface area contributed by atoms with E-state index in [4.69, 9.17) is 9.15 Å². The lowest BCUT2D eigenvalue weighted by Gasteiger charge is -2.09. The number of rotatable bonds is 8. The normalized spacial score (nSPS) is 11.4. The Morgan fingerprint density at radius 1 is 1.21 bits per heavy atom. The van der Waals surface area contributed by atoms with Gasteiger partial charge in [-0.2, -0.15) is 0 Å². The van der Waals surface area contributed by atoms with E-state index in [0.29, 0.717) is 22.9 Å². The zero-order chi connectivity index (χ0) is 21.0. The number of ether oxygens (including phenoxy) is 1. The highest BCUT2D eigenvalue weighted by Crippen LogP contribution is 2.27. The van der Waals surface area contributed by atoms with Crippen LogP contribution < -0.4 is 9.46 Å². The van der Waals surface area contributed by atoms with Crippen LogP contribution in [0.25, 0.3) is 11.5 Å². The Morgan fingerprint density at radius 2 is 1.93 bits per heavy atom. The van der Waals surface area contributed by atoms with Gasteiger partial charge in [0.1, 0.15) is 12.0 Å². The maximum absolute atomic E-state index is 12.6. The summed E-state index contributed by atoms with van der Waals surface area (Å²) in [6.07, 6.45) is 1.71. The predicted molar refractivity (Wildman–Crippen MR) is 105 cm³/mol. The molecule has 0 amide bonds. The Bertz CT molecular complexity index is 1120. The Hall–Kier alpha value is -3.24. The van der Waals surface area contributed by atoms with Gasteiger partial charge in [-0.25, -0.2) is 18.1 Å². The van der Waals surface area contributed by atoms with Crippen molar-refractivity contribution in [1.29, 1.82) is 0 Å². The van der Waals surface area contributed by atoms with Crippen molar-refractivity contribution in [2.45, 2.75) is 18.2 Å². The Kier molecular flexibility index (Phi) is 5.95. The molecular weight excluding hydrogens is 398 g/mol. The molecule has 1 N–H and O–H groups in total. The summed E-state index contributed by atoms with van der Waals surface area (Å²) in [6.45, 7) is 1.53. The first-order chi connectivity index (χ1) is 13.8. The first kappa shape index (κ1) is 20.5. The number of benzene rings is 2. The van der Waals surface area contributed by atoms with E-state index in [-0.39, 0.29) is 17.9 Å². The van der Waals surface area contributed by atoms with E-state index in [0.717, 1.165) is 5.56 Å². The summed E-state index contributed by atoms with van der Waals surface area (Å²) in [6, 6.07) is 11.3. The van der Waals surface area contributed by atoms with E-state index in [1.165, 1.54) is 31.4 Å². The van der Waals surface area contributed by atoms with Crippen LogP contribution in [0.5, 0.6) is 5.75 Å². The molecule has 0 fully saturated rings. The fraction of sp³-hybridized carbons (Fsp3) is 0.211. The van der Waals surface area contributed by atoms with Crippen LogP contribution in [-0.4, -0.2) is 32.0 Å². The monoisotopic (exact) mass is 417 g/mol. The molecule has 0 aliphatic heterocycles. The summed E-state index contributed by atoms with van der Waals surface area (Å²) in [5, 5.41) is 11.2. The third kappa shape index (κ3) is 4.61. The van der Waals surface area contributed by atoms with Crippen molar-refractivity contribution < 1.29 is 22.5 Å². The molecule has 3 aromatic rings. The number of methoxy groups -OCH3 is 1. The molecule has 0 unspecified atom stereocenters. The Morgan fingerprint density at radius 3 is 2.59 bits per heavy atom. The first-order valence-corrected chi connectivity index (χ1v) is 10.1. The average molecular weight is 417 g/mol. The van der Waals surface area contributed by atoms with Gasteiger partial charge in [0.25, 0.3) is 5.69 Å². The first-order valence-electron chi connectivity index (χ1n) is 8.64. The third-order valence-corrected chi connectivity index (χ3v) is 5.87. The van der Waals surface area contributed by atoms with Crippen molar-refractivity contribution >= 4 is 15.7 Å². The summed E-state index contributed by atoms with van der Waals surface area (Å²) in [5.74, 6) is 1.11. The highest BCUT2D eigenvalue weighted by molar-refractivity contribution is 7.89. The molecule has 29 heavy (non-hydrogen) atoms. The van der Waals surface area contributed by atoms with Crippen LogP contribution in [0.1, 0.15) is 11.3 Å². The largest absolute Gasteiger partial charge is 0.497 e. The van der Waals surface area contributed by atoms with Crippen LogP contribution in [0.3, 0.4) is 0 Å². The zero-order valence-electron chi connectivity index (χ0n) is 15.8. The lowest BCUT2D eigenvalue weighted by atomic mass is 10.2. The van der Waals surface area contributed by atoms with Gasteiger partial charge in [-0.1, -0.05) is 12.1 Å². The number of oxazole rings is 1. The van der Waals surface area contributed by atoms with E-state index in [2.05, 4.69) is 9.71 Å². The van der Waals surface area contributed by atoms with Gasteiger partial charge >= 0.3 is 0 Å².